The molecular formula is C13H25N3O. The van der Waals surface area contributed by atoms with Gasteiger partial charge in [0, 0.05) is 12.1 Å². The molecule has 0 aromatic carbocycles. The fraction of sp³-hybridized carbons (Fsp3) is 0.923. The van der Waals surface area contributed by atoms with Gasteiger partial charge in [-0.25, -0.2) is 0 Å². The summed E-state index contributed by atoms with van der Waals surface area (Å²) in [7, 11) is 0. The van der Waals surface area contributed by atoms with Crippen LogP contribution in [0, 0.1) is 0 Å². The average Bonchev–Trinajstić information content (AvgIpc) is 2.33. The lowest BCUT2D eigenvalue weighted by Gasteiger charge is -2.36. The molecule has 17 heavy (non-hydrogen) atoms. The molecule has 0 unspecified atom stereocenters. The molecule has 0 aliphatic heterocycles. The van der Waals surface area contributed by atoms with Crippen LogP contribution >= 0.6 is 0 Å². The van der Waals surface area contributed by atoms with Crippen molar-refractivity contribution in [3.8, 4) is 0 Å². The molecule has 2 fully saturated rings. The maximum Gasteiger partial charge on any atom is 0.240 e. The Kier molecular flexibility index (Phi) is 4.05. The van der Waals surface area contributed by atoms with Crippen LogP contribution in [0.4, 0.5) is 0 Å². The first-order valence-corrected chi connectivity index (χ1v) is 6.97. The number of carbonyl (C=O) groups is 1. The van der Waals surface area contributed by atoms with Crippen molar-refractivity contribution >= 4 is 5.91 Å². The predicted molar refractivity (Wildman–Crippen MR) is 68.4 cm³/mol. The average molecular weight is 239 g/mol. The number of hydrogen-bond acceptors (Lipinski definition) is 3. The van der Waals surface area contributed by atoms with Gasteiger partial charge >= 0.3 is 0 Å². The second-order valence-electron chi connectivity index (χ2n) is 5.75. The van der Waals surface area contributed by atoms with Gasteiger partial charge in [-0.15, -0.1) is 0 Å². The topological polar surface area (TPSA) is 81.1 Å². The Labute approximate surface area is 103 Å². The Hall–Kier alpha value is -0.610. The van der Waals surface area contributed by atoms with Crippen LogP contribution in [-0.2, 0) is 4.79 Å². The number of nitrogens with two attached hydrogens (primary N) is 2. The zero-order chi connectivity index (χ0) is 12.3. The summed E-state index contributed by atoms with van der Waals surface area (Å²) >= 11 is 0. The van der Waals surface area contributed by atoms with Crippen LogP contribution < -0.4 is 16.8 Å². The molecule has 2 aliphatic carbocycles. The van der Waals surface area contributed by atoms with Gasteiger partial charge in [0.05, 0.1) is 5.54 Å². The van der Waals surface area contributed by atoms with E-state index in [9.17, 15) is 4.79 Å². The Balaban J connectivity index is 1.90. The second-order valence-corrected chi connectivity index (χ2v) is 5.75. The minimum absolute atomic E-state index is 0.0274. The normalized spacial score (nSPS) is 33.1. The maximum absolute atomic E-state index is 12.2. The van der Waals surface area contributed by atoms with Crippen LogP contribution in [0.3, 0.4) is 0 Å². The van der Waals surface area contributed by atoms with Crippen LogP contribution in [0.25, 0.3) is 0 Å². The highest BCUT2D eigenvalue weighted by Gasteiger charge is 2.37. The van der Waals surface area contributed by atoms with Gasteiger partial charge in [-0.05, 0) is 25.7 Å². The SMILES string of the molecule is N[C@@H]1CCCC[C@H]1NC(=O)C1(N)CCCCC1. The number of nitrogens with one attached hydrogen (secondary N) is 1. The molecule has 5 N–H and O–H groups in total. The van der Waals surface area contributed by atoms with Crippen LogP contribution in [0.1, 0.15) is 57.8 Å². The molecule has 2 atom stereocenters. The monoisotopic (exact) mass is 239 g/mol. The van der Waals surface area contributed by atoms with Crippen molar-refractivity contribution in [2.45, 2.75) is 75.4 Å². The highest BCUT2D eigenvalue weighted by Crippen LogP contribution is 2.27. The summed E-state index contributed by atoms with van der Waals surface area (Å²) in [6, 6.07) is 0.249. The van der Waals surface area contributed by atoms with E-state index in [1.807, 2.05) is 0 Å². The molecule has 0 saturated heterocycles. The molecule has 2 rings (SSSR count). The summed E-state index contributed by atoms with van der Waals surface area (Å²) in [4.78, 5) is 12.2. The summed E-state index contributed by atoms with van der Waals surface area (Å²) in [6.45, 7) is 0. The Morgan fingerprint density at radius 3 is 2.35 bits per heavy atom. The quantitative estimate of drug-likeness (QED) is 0.673. The molecule has 0 bridgehead atoms. The lowest BCUT2D eigenvalue weighted by molar-refractivity contribution is -0.128. The summed E-state index contributed by atoms with van der Waals surface area (Å²) < 4.78 is 0. The van der Waals surface area contributed by atoms with Crippen molar-refractivity contribution in [1.82, 2.24) is 5.32 Å². The Bertz CT molecular complexity index is 274. The van der Waals surface area contributed by atoms with Gasteiger partial charge in [-0.2, -0.15) is 0 Å². The molecule has 0 heterocycles. The van der Waals surface area contributed by atoms with Gasteiger partial charge in [-0.3, -0.25) is 4.79 Å². The Morgan fingerprint density at radius 2 is 1.71 bits per heavy atom. The first-order valence-electron chi connectivity index (χ1n) is 6.97. The molecule has 0 radical (unpaired) electrons. The second kappa shape index (κ2) is 5.36. The molecule has 4 nitrogen and oxygen atoms in total. The molecule has 2 saturated carbocycles. The summed E-state index contributed by atoms with van der Waals surface area (Å²) in [5.41, 5.74) is 11.6. The number of carbonyl (C=O) groups excluding carboxylic acids is 1. The van der Waals surface area contributed by atoms with Gasteiger partial charge in [0.1, 0.15) is 0 Å². The lowest BCUT2D eigenvalue weighted by Crippen LogP contribution is -2.60. The van der Waals surface area contributed by atoms with Crippen molar-refractivity contribution in [2.75, 3.05) is 0 Å². The van der Waals surface area contributed by atoms with Crippen LogP contribution in [0.5, 0.6) is 0 Å². The van der Waals surface area contributed by atoms with Crippen molar-refractivity contribution in [3.63, 3.8) is 0 Å². The van der Waals surface area contributed by atoms with Gasteiger partial charge in [-0.1, -0.05) is 32.1 Å². The van der Waals surface area contributed by atoms with E-state index in [-0.39, 0.29) is 18.0 Å². The molecule has 1 amide bonds. The fourth-order valence-electron chi connectivity index (χ4n) is 3.06. The van der Waals surface area contributed by atoms with E-state index >= 15 is 0 Å². The third kappa shape index (κ3) is 2.99. The number of rotatable bonds is 2. The third-order valence-corrected chi connectivity index (χ3v) is 4.33. The minimum atomic E-state index is -0.630. The standard InChI is InChI=1S/C13H25N3O/c14-10-6-2-3-7-11(10)16-12(17)13(15)8-4-1-5-9-13/h10-11H,1-9,14-15H2,(H,16,17)/t10-,11-/m1/s1. The highest BCUT2D eigenvalue weighted by molar-refractivity contribution is 5.86. The third-order valence-electron chi connectivity index (χ3n) is 4.33. The zero-order valence-electron chi connectivity index (χ0n) is 10.6. The zero-order valence-corrected chi connectivity index (χ0v) is 10.6. The fourth-order valence-corrected chi connectivity index (χ4v) is 3.06. The molecule has 98 valence electrons. The van der Waals surface area contributed by atoms with Crippen molar-refractivity contribution in [1.29, 1.82) is 0 Å². The van der Waals surface area contributed by atoms with E-state index in [1.165, 1.54) is 12.8 Å². The highest BCUT2D eigenvalue weighted by atomic mass is 16.2. The van der Waals surface area contributed by atoms with Crippen LogP contribution in [0.2, 0.25) is 0 Å². The molecule has 4 heteroatoms. The first-order chi connectivity index (χ1) is 8.12. The van der Waals surface area contributed by atoms with Gasteiger partial charge in [0.2, 0.25) is 5.91 Å². The molecule has 2 aliphatic rings. The van der Waals surface area contributed by atoms with E-state index in [2.05, 4.69) is 5.32 Å². The van der Waals surface area contributed by atoms with Crippen molar-refractivity contribution in [3.05, 3.63) is 0 Å². The van der Waals surface area contributed by atoms with E-state index in [1.54, 1.807) is 0 Å². The summed E-state index contributed by atoms with van der Waals surface area (Å²) in [6.07, 6.45) is 9.35. The smallest absolute Gasteiger partial charge is 0.240 e. The maximum atomic E-state index is 12.2. The molecular weight excluding hydrogens is 214 g/mol. The molecule has 0 aromatic heterocycles. The van der Waals surface area contributed by atoms with Crippen molar-refractivity contribution in [2.24, 2.45) is 11.5 Å². The first kappa shape index (κ1) is 12.8. The molecule has 0 spiro atoms. The van der Waals surface area contributed by atoms with Crippen molar-refractivity contribution < 1.29 is 4.79 Å². The largest absolute Gasteiger partial charge is 0.350 e. The number of amides is 1. The summed E-state index contributed by atoms with van der Waals surface area (Å²) in [5.74, 6) is 0.0274. The van der Waals surface area contributed by atoms with Gasteiger partial charge in [0.25, 0.3) is 0 Å². The summed E-state index contributed by atoms with van der Waals surface area (Å²) in [5, 5.41) is 3.09. The van der Waals surface area contributed by atoms with E-state index in [0.29, 0.717) is 0 Å². The van der Waals surface area contributed by atoms with Gasteiger partial charge < -0.3 is 16.8 Å². The van der Waals surface area contributed by atoms with E-state index in [0.717, 1.165) is 44.9 Å². The van der Waals surface area contributed by atoms with E-state index in [4.69, 9.17) is 11.5 Å². The predicted octanol–water partition coefficient (Wildman–Crippen LogP) is 1.03. The van der Waals surface area contributed by atoms with Crippen LogP contribution in [-0.4, -0.2) is 23.5 Å². The van der Waals surface area contributed by atoms with Crippen LogP contribution in [0.15, 0.2) is 0 Å². The van der Waals surface area contributed by atoms with Gasteiger partial charge in [0.15, 0.2) is 0 Å². The minimum Gasteiger partial charge on any atom is -0.350 e. The lowest BCUT2D eigenvalue weighted by atomic mass is 9.81. The number of hydrogen-bond donors (Lipinski definition) is 3. The molecule has 0 aromatic rings. The van der Waals surface area contributed by atoms with E-state index < -0.39 is 5.54 Å². The Morgan fingerprint density at radius 1 is 1.06 bits per heavy atom.